The van der Waals surface area contributed by atoms with Crippen LogP contribution in [0.3, 0.4) is 0 Å². The molecule has 0 saturated heterocycles. The summed E-state index contributed by atoms with van der Waals surface area (Å²) in [5, 5.41) is 17.8. The van der Waals surface area contributed by atoms with E-state index in [2.05, 4.69) is 32.5 Å². The van der Waals surface area contributed by atoms with Crippen molar-refractivity contribution in [2.24, 2.45) is 0 Å². The van der Waals surface area contributed by atoms with E-state index in [0.717, 1.165) is 16.7 Å². The van der Waals surface area contributed by atoms with E-state index in [1.165, 1.54) is 0 Å². The molecule has 0 aliphatic heterocycles. The van der Waals surface area contributed by atoms with Crippen molar-refractivity contribution in [1.82, 2.24) is 19.7 Å². The molecule has 1 atom stereocenters. The first kappa shape index (κ1) is 17.7. The number of nitrogen functional groups attached to an aromatic ring is 1. The number of hydrogen-bond acceptors (Lipinski definition) is 6. The zero-order chi connectivity index (χ0) is 19.3. The lowest BCUT2D eigenvalue weighted by Crippen LogP contribution is -2.14. The molecule has 2 aromatic heterocycles. The highest BCUT2D eigenvalue weighted by Crippen LogP contribution is 2.22. The number of nitrogens with two attached hydrogens (primary N) is 1. The maximum Gasteiger partial charge on any atom is 0.224 e. The fourth-order valence-electron chi connectivity index (χ4n) is 2.91. The maximum atomic E-state index is 10.5. The van der Waals surface area contributed by atoms with Crippen molar-refractivity contribution < 1.29 is 5.11 Å². The molecule has 4 aromatic rings. The summed E-state index contributed by atoms with van der Waals surface area (Å²) in [5.41, 5.74) is 8.86. The summed E-state index contributed by atoms with van der Waals surface area (Å²) in [6, 6.07) is 21.5. The smallest absolute Gasteiger partial charge is 0.224 e. The highest BCUT2D eigenvalue weighted by Gasteiger charge is 2.10. The van der Waals surface area contributed by atoms with Crippen LogP contribution in [0.4, 0.5) is 11.8 Å². The van der Waals surface area contributed by atoms with Gasteiger partial charge in [-0.3, -0.25) is 0 Å². The first-order valence-corrected chi connectivity index (χ1v) is 8.91. The summed E-state index contributed by atoms with van der Waals surface area (Å²) in [7, 11) is 0. The van der Waals surface area contributed by atoms with E-state index >= 15 is 0 Å². The Kier molecular flexibility index (Phi) is 4.99. The molecule has 0 fully saturated rings. The van der Waals surface area contributed by atoms with Gasteiger partial charge in [0.2, 0.25) is 5.95 Å². The Bertz CT molecular complexity index is 1030. The zero-order valence-corrected chi connectivity index (χ0v) is 15.1. The lowest BCUT2D eigenvalue weighted by Gasteiger charge is -2.14. The van der Waals surface area contributed by atoms with Gasteiger partial charge in [0.25, 0.3) is 0 Å². The van der Waals surface area contributed by atoms with Gasteiger partial charge in [-0.15, -0.1) is 0 Å². The molecular formula is C21H20N6O. The normalized spacial score (nSPS) is 11.9. The van der Waals surface area contributed by atoms with Crippen LogP contribution in [0.5, 0.6) is 0 Å². The molecule has 28 heavy (non-hydrogen) atoms. The Labute approximate surface area is 162 Å². The fourth-order valence-corrected chi connectivity index (χ4v) is 2.91. The average molecular weight is 372 g/mol. The molecule has 4 N–H and O–H groups in total. The minimum Gasteiger partial charge on any atom is -0.387 e. The van der Waals surface area contributed by atoms with Crippen molar-refractivity contribution in [2.75, 3.05) is 17.6 Å². The quantitative estimate of drug-likeness (QED) is 0.481. The van der Waals surface area contributed by atoms with Gasteiger partial charge in [-0.25, -0.2) is 4.68 Å². The van der Waals surface area contributed by atoms with Gasteiger partial charge in [0.15, 0.2) is 5.82 Å². The van der Waals surface area contributed by atoms with Crippen LogP contribution in [0, 0.1) is 0 Å². The van der Waals surface area contributed by atoms with Crippen LogP contribution in [0.1, 0.15) is 11.7 Å². The van der Waals surface area contributed by atoms with Crippen LogP contribution in [-0.4, -0.2) is 31.4 Å². The predicted molar refractivity (Wildman–Crippen MR) is 109 cm³/mol. The molecule has 0 radical (unpaired) electrons. The molecule has 1 unspecified atom stereocenters. The molecule has 7 heteroatoms. The number of nitrogens with zero attached hydrogens (tertiary/aromatic N) is 4. The topological polar surface area (TPSA) is 102 Å². The molecule has 2 aromatic carbocycles. The second kappa shape index (κ2) is 7.89. The number of aliphatic hydroxyl groups excluding tert-OH is 1. The molecule has 0 aliphatic rings. The van der Waals surface area contributed by atoms with Gasteiger partial charge in [-0.2, -0.15) is 15.1 Å². The Hall–Kier alpha value is -3.71. The third-order valence-corrected chi connectivity index (χ3v) is 4.35. The van der Waals surface area contributed by atoms with Crippen LogP contribution >= 0.6 is 0 Å². The number of rotatable bonds is 6. The van der Waals surface area contributed by atoms with Crippen LogP contribution in [0.2, 0.25) is 0 Å². The zero-order valence-electron chi connectivity index (χ0n) is 15.1. The van der Waals surface area contributed by atoms with E-state index < -0.39 is 6.10 Å². The largest absolute Gasteiger partial charge is 0.387 e. The summed E-state index contributed by atoms with van der Waals surface area (Å²) < 4.78 is 1.60. The van der Waals surface area contributed by atoms with Gasteiger partial charge in [0, 0.05) is 25.0 Å². The second-order valence-electron chi connectivity index (χ2n) is 6.30. The summed E-state index contributed by atoms with van der Waals surface area (Å²) >= 11 is 0. The number of nitrogens with one attached hydrogen (secondary N) is 1. The molecule has 0 spiro atoms. The molecular weight excluding hydrogens is 352 g/mol. The van der Waals surface area contributed by atoms with E-state index in [9.17, 15) is 5.11 Å². The van der Waals surface area contributed by atoms with Gasteiger partial charge in [0.05, 0.1) is 6.10 Å². The van der Waals surface area contributed by atoms with Crippen LogP contribution in [-0.2, 0) is 0 Å². The van der Waals surface area contributed by atoms with Gasteiger partial charge in [-0.1, -0.05) is 54.6 Å². The molecule has 0 saturated carbocycles. The maximum absolute atomic E-state index is 10.5. The molecule has 140 valence electrons. The van der Waals surface area contributed by atoms with Crippen LogP contribution in [0.15, 0.2) is 79.1 Å². The van der Waals surface area contributed by atoms with E-state index in [-0.39, 0.29) is 5.95 Å². The van der Waals surface area contributed by atoms with E-state index in [4.69, 9.17) is 5.73 Å². The third-order valence-electron chi connectivity index (χ3n) is 4.35. The first-order chi connectivity index (χ1) is 13.7. The van der Waals surface area contributed by atoms with Crippen LogP contribution < -0.4 is 11.1 Å². The monoisotopic (exact) mass is 372 g/mol. The molecule has 7 nitrogen and oxygen atoms in total. The summed E-state index contributed by atoms with van der Waals surface area (Å²) in [5.74, 6) is 1.22. The molecule has 0 aliphatic carbocycles. The Morgan fingerprint density at radius 3 is 2.43 bits per heavy atom. The highest BCUT2D eigenvalue weighted by atomic mass is 16.3. The SMILES string of the molecule is Nc1nc(NCC(O)c2ccc(-c3ccccc3)cc2)cc(-n2cccn2)n1. The minimum atomic E-state index is -0.686. The van der Waals surface area contributed by atoms with E-state index in [1.807, 2.05) is 42.5 Å². The predicted octanol–water partition coefficient (Wildman–Crippen LogP) is 3.06. The van der Waals surface area contributed by atoms with Crippen molar-refractivity contribution >= 4 is 11.8 Å². The molecule has 0 bridgehead atoms. The number of aromatic nitrogens is 4. The standard InChI is InChI=1S/C21H20N6O/c22-21-25-19(13-20(26-21)27-12-4-11-24-27)23-14-18(28)17-9-7-16(8-10-17)15-5-2-1-3-6-15/h1-13,18,28H,14H2,(H3,22,23,25,26). The molecule has 4 rings (SSSR count). The van der Waals surface area contributed by atoms with Crippen molar-refractivity contribution in [1.29, 1.82) is 0 Å². The van der Waals surface area contributed by atoms with E-state index in [1.54, 1.807) is 29.2 Å². The molecule has 2 heterocycles. The summed E-state index contributed by atoms with van der Waals surface area (Å²) in [4.78, 5) is 8.33. The van der Waals surface area contributed by atoms with Crippen molar-refractivity contribution in [3.05, 3.63) is 84.7 Å². The van der Waals surface area contributed by atoms with Crippen LogP contribution in [0.25, 0.3) is 16.9 Å². The van der Waals surface area contributed by atoms with E-state index in [0.29, 0.717) is 18.2 Å². The highest BCUT2D eigenvalue weighted by molar-refractivity contribution is 5.63. The van der Waals surface area contributed by atoms with Gasteiger partial charge in [0.1, 0.15) is 5.82 Å². The van der Waals surface area contributed by atoms with Gasteiger partial charge < -0.3 is 16.2 Å². The minimum absolute atomic E-state index is 0.136. The summed E-state index contributed by atoms with van der Waals surface area (Å²) in [6.45, 7) is 0.291. The Morgan fingerprint density at radius 2 is 1.71 bits per heavy atom. The number of benzene rings is 2. The molecule has 0 amide bonds. The Morgan fingerprint density at radius 1 is 0.964 bits per heavy atom. The second-order valence-corrected chi connectivity index (χ2v) is 6.30. The number of anilines is 2. The van der Waals surface area contributed by atoms with Crippen molar-refractivity contribution in [3.8, 4) is 16.9 Å². The number of hydrogen-bond donors (Lipinski definition) is 3. The first-order valence-electron chi connectivity index (χ1n) is 8.91. The fraction of sp³-hybridized carbons (Fsp3) is 0.0952. The van der Waals surface area contributed by atoms with Crippen molar-refractivity contribution in [3.63, 3.8) is 0 Å². The lowest BCUT2D eigenvalue weighted by atomic mass is 10.0. The average Bonchev–Trinajstić information content (AvgIpc) is 3.27. The third kappa shape index (κ3) is 3.99. The Balaban J connectivity index is 1.44. The van der Waals surface area contributed by atoms with Gasteiger partial charge in [-0.05, 0) is 22.8 Å². The summed E-state index contributed by atoms with van der Waals surface area (Å²) in [6.07, 6.45) is 2.75. The number of aliphatic hydroxyl groups is 1. The van der Waals surface area contributed by atoms with Crippen molar-refractivity contribution in [2.45, 2.75) is 6.10 Å². The van der Waals surface area contributed by atoms with Gasteiger partial charge >= 0.3 is 0 Å². The lowest BCUT2D eigenvalue weighted by molar-refractivity contribution is 0.191.